The Balaban J connectivity index is 2.35. The summed E-state index contributed by atoms with van der Waals surface area (Å²) < 4.78 is 10.1. The fraction of sp³-hybridized carbons (Fsp3) is 0.0833. The molecule has 1 heterocycles. The first-order chi connectivity index (χ1) is 8.72. The highest BCUT2D eigenvalue weighted by atomic mass is 16.5. The predicted molar refractivity (Wildman–Crippen MR) is 64.3 cm³/mol. The van der Waals surface area contributed by atoms with E-state index in [1.807, 2.05) is 0 Å². The van der Waals surface area contributed by atoms with Crippen molar-refractivity contribution in [1.29, 1.82) is 0 Å². The zero-order valence-electron chi connectivity index (χ0n) is 9.66. The maximum Gasteiger partial charge on any atom is 0.341 e. The van der Waals surface area contributed by atoms with Gasteiger partial charge in [0.05, 0.1) is 7.11 Å². The predicted octanol–water partition coefficient (Wildman–Crippen LogP) is 1.64. The molecule has 6 heteroatoms. The van der Waals surface area contributed by atoms with Gasteiger partial charge in [-0.05, 0) is 12.1 Å². The number of carbonyl (C=O) groups is 1. The van der Waals surface area contributed by atoms with Gasteiger partial charge in [-0.25, -0.2) is 14.8 Å². The van der Waals surface area contributed by atoms with Crippen LogP contribution in [0.25, 0.3) is 0 Å². The van der Waals surface area contributed by atoms with Crippen molar-refractivity contribution in [1.82, 2.24) is 9.97 Å². The number of esters is 1. The zero-order valence-corrected chi connectivity index (χ0v) is 9.66. The van der Waals surface area contributed by atoms with Crippen LogP contribution in [0, 0.1) is 0 Å². The molecule has 0 bridgehead atoms. The van der Waals surface area contributed by atoms with E-state index in [0.29, 0.717) is 11.3 Å². The standard InChI is InChI=1S/C12H11N3O3/c1-17-12(16)8-4-2-3-5-9(8)18-11-10(13)14-6-7-15-11/h2-7H,1H3,(H2,13,14). The van der Waals surface area contributed by atoms with Gasteiger partial charge in [0.2, 0.25) is 0 Å². The molecule has 0 amide bonds. The van der Waals surface area contributed by atoms with Crippen molar-refractivity contribution in [2.75, 3.05) is 12.8 Å². The van der Waals surface area contributed by atoms with Gasteiger partial charge in [-0.3, -0.25) is 0 Å². The number of hydrogen-bond acceptors (Lipinski definition) is 6. The highest BCUT2D eigenvalue weighted by Crippen LogP contribution is 2.26. The minimum Gasteiger partial charge on any atom is -0.465 e. The molecule has 2 rings (SSSR count). The quantitative estimate of drug-likeness (QED) is 0.827. The van der Waals surface area contributed by atoms with Crippen molar-refractivity contribution < 1.29 is 14.3 Å². The van der Waals surface area contributed by atoms with Crippen LogP contribution in [-0.2, 0) is 4.74 Å². The third kappa shape index (κ3) is 2.37. The van der Waals surface area contributed by atoms with Gasteiger partial charge in [-0.1, -0.05) is 12.1 Å². The van der Waals surface area contributed by atoms with Crippen molar-refractivity contribution in [3.63, 3.8) is 0 Å². The Labute approximate surface area is 103 Å². The van der Waals surface area contributed by atoms with Crippen LogP contribution in [0.15, 0.2) is 36.7 Å². The fourth-order valence-electron chi connectivity index (χ4n) is 1.35. The van der Waals surface area contributed by atoms with Crippen molar-refractivity contribution in [3.8, 4) is 11.6 Å². The van der Waals surface area contributed by atoms with E-state index in [-0.39, 0.29) is 11.7 Å². The average molecular weight is 245 g/mol. The van der Waals surface area contributed by atoms with Gasteiger partial charge in [0.15, 0.2) is 5.82 Å². The van der Waals surface area contributed by atoms with Crippen LogP contribution < -0.4 is 10.5 Å². The summed E-state index contributed by atoms with van der Waals surface area (Å²) in [7, 11) is 1.30. The number of aromatic nitrogens is 2. The first-order valence-corrected chi connectivity index (χ1v) is 5.14. The number of para-hydroxylation sites is 1. The second-order valence-electron chi connectivity index (χ2n) is 3.34. The number of nitrogen functional groups attached to an aromatic ring is 1. The monoisotopic (exact) mass is 245 g/mol. The lowest BCUT2D eigenvalue weighted by Gasteiger charge is -2.09. The molecule has 0 atom stereocenters. The number of anilines is 1. The van der Waals surface area contributed by atoms with E-state index < -0.39 is 5.97 Å². The van der Waals surface area contributed by atoms with Crippen molar-refractivity contribution in [2.24, 2.45) is 0 Å². The number of nitrogens with zero attached hydrogens (tertiary/aromatic N) is 2. The number of nitrogens with two attached hydrogens (primary N) is 1. The highest BCUT2D eigenvalue weighted by molar-refractivity contribution is 5.92. The molecule has 92 valence electrons. The SMILES string of the molecule is COC(=O)c1ccccc1Oc1nccnc1N. The normalized spacial score (nSPS) is 9.83. The van der Waals surface area contributed by atoms with Gasteiger partial charge in [0.25, 0.3) is 5.88 Å². The van der Waals surface area contributed by atoms with Crippen LogP contribution in [0.2, 0.25) is 0 Å². The molecule has 0 radical (unpaired) electrons. The first-order valence-electron chi connectivity index (χ1n) is 5.14. The van der Waals surface area contributed by atoms with Crippen LogP contribution in [0.5, 0.6) is 11.6 Å². The van der Waals surface area contributed by atoms with Gasteiger partial charge in [0, 0.05) is 12.4 Å². The van der Waals surface area contributed by atoms with E-state index in [4.69, 9.17) is 10.5 Å². The topological polar surface area (TPSA) is 87.3 Å². The summed E-state index contributed by atoms with van der Waals surface area (Å²) in [6, 6.07) is 6.65. The smallest absolute Gasteiger partial charge is 0.341 e. The molecule has 0 saturated carbocycles. The first kappa shape index (κ1) is 11.8. The van der Waals surface area contributed by atoms with E-state index in [1.165, 1.54) is 19.5 Å². The molecule has 18 heavy (non-hydrogen) atoms. The summed E-state index contributed by atoms with van der Waals surface area (Å²) in [6.45, 7) is 0. The number of methoxy groups -OCH3 is 1. The Kier molecular flexibility index (Phi) is 3.38. The molecular weight excluding hydrogens is 234 g/mol. The number of benzene rings is 1. The fourth-order valence-corrected chi connectivity index (χ4v) is 1.35. The van der Waals surface area contributed by atoms with Crippen LogP contribution in [0.4, 0.5) is 5.82 Å². The Morgan fingerprint density at radius 1 is 1.22 bits per heavy atom. The molecule has 0 aliphatic carbocycles. The number of hydrogen-bond donors (Lipinski definition) is 1. The Hall–Kier alpha value is -2.63. The third-order valence-electron chi connectivity index (χ3n) is 2.19. The maximum absolute atomic E-state index is 11.5. The number of rotatable bonds is 3. The summed E-state index contributed by atoms with van der Waals surface area (Å²) in [6.07, 6.45) is 2.90. The number of ether oxygens (including phenoxy) is 2. The molecular formula is C12H11N3O3. The molecule has 0 saturated heterocycles. The van der Waals surface area contributed by atoms with Crippen LogP contribution >= 0.6 is 0 Å². The largest absolute Gasteiger partial charge is 0.465 e. The van der Waals surface area contributed by atoms with Crippen LogP contribution in [0.3, 0.4) is 0 Å². The van der Waals surface area contributed by atoms with Gasteiger partial charge in [0.1, 0.15) is 11.3 Å². The minimum atomic E-state index is -0.493. The Morgan fingerprint density at radius 3 is 2.67 bits per heavy atom. The minimum absolute atomic E-state index is 0.147. The van der Waals surface area contributed by atoms with E-state index in [1.54, 1.807) is 24.3 Å². The summed E-state index contributed by atoms with van der Waals surface area (Å²) in [5.41, 5.74) is 5.91. The van der Waals surface area contributed by atoms with E-state index in [0.717, 1.165) is 0 Å². The second kappa shape index (κ2) is 5.13. The Morgan fingerprint density at radius 2 is 1.94 bits per heavy atom. The zero-order chi connectivity index (χ0) is 13.0. The van der Waals surface area contributed by atoms with Gasteiger partial charge in [-0.15, -0.1) is 0 Å². The van der Waals surface area contributed by atoms with Gasteiger partial charge in [-0.2, -0.15) is 0 Å². The summed E-state index contributed by atoms with van der Waals surface area (Å²) in [5.74, 6) is 0.121. The molecule has 2 aromatic rings. The van der Waals surface area contributed by atoms with E-state index in [9.17, 15) is 4.79 Å². The molecule has 0 spiro atoms. The molecule has 6 nitrogen and oxygen atoms in total. The van der Waals surface area contributed by atoms with Crippen molar-refractivity contribution >= 4 is 11.8 Å². The molecule has 0 aliphatic rings. The van der Waals surface area contributed by atoms with E-state index in [2.05, 4.69) is 14.7 Å². The maximum atomic E-state index is 11.5. The third-order valence-corrected chi connectivity index (χ3v) is 2.19. The van der Waals surface area contributed by atoms with Crippen molar-refractivity contribution in [2.45, 2.75) is 0 Å². The highest BCUT2D eigenvalue weighted by Gasteiger charge is 2.14. The lowest BCUT2D eigenvalue weighted by molar-refractivity contribution is 0.0598. The molecule has 0 fully saturated rings. The van der Waals surface area contributed by atoms with Crippen LogP contribution in [-0.4, -0.2) is 23.0 Å². The summed E-state index contributed by atoms with van der Waals surface area (Å²) in [4.78, 5) is 19.3. The second-order valence-corrected chi connectivity index (χ2v) is 3.34. The molecule has 0 aliphatic heterocycles. The summed E-state index contributed by atoms with van der Waals surface area (Å²) in [5, 5.41) is 0. The molecule has 0 unspecified atom stereocenters. The molecule has 1 aromatic carbocycles. The molecule has 1 aromatic heterocycles. The van der Waals surface area contributed by atoms with Crippen LogP contribution in [0.1, 0.15) is 10.4 Å². The Bertz CT molecular complexity index is 572. The molecule has 2 N–H and O–H groups in total. The summed E-state index contributed by atoms with van der Waals surface area (Å²) >= 11 is 0. The average Bonchev–Trinajstić information content (AvgIpc) is 2.41. The number of carbonyl (C=O) groups excluding carboxylic acids is 1. The lowest BCUT2D eigenvalue weighted by Crippen LogP contribution is -2.05. The van der Waals surface area contributed by atoms with Gasteiger partial charge >= 0.3 is 5.97 Å². The van der Waals surface area contributed by atoms with Gasteiger partial charge < -0.3 is 15.2 Å². The van der Waals surface area contributed by atoms with E-state index >= 15 is 0 Å². The van der Waals surface area contributed by atoms with Crippen molar-refractivity contribution in [3.05, 3.63) is 42.2 Å². The lowest BCUT2D eigenvalue weighted by atomic mass is 10.2.